The number of hydrogen-bond donors (Lipinski definition) is 0. The Labute approximate surface area is 122 Å². The summed E-state index contributed by atoms with van der Waals surface area (Å²) in [6, 6.07) is 6.48. The highest BCUT2D eigenvalue weighted by Crippen LogP contribution is 2.27. The van der Waals surface area contributed by atoms with Gasteiger partial charge in [-0.1, -0.05) is 12.1 Å². The summed E-state index contributed by atoms with van der Waals surface area (Å²) in [5, 5.41) is 11.2. The Morgan fingerprint density at radius 2 is 1.95 bits per heavy atom. The molecule has 1 aromatic carbocycles. The number of nitro groups is 1. The predicted molar refractivity (Wildman–Crippen MR) is 76.2 cm³/mol. The van der Waals surface area contributed by atoms with Gasteiger partial charge in [-0.15, -0.1) is 0 Å². The number of para-hydroxylation sites is 2. The van der Waals surface area contributed by atoms with Gasteiger partial charge in [0.25, 0.3) is 5.69 Å². The second-order valence-corrected chi connectivity index (χ2v) is 4.14. The molecular formula is C14H17N3O4. The van der Waals surface area contributed by atoms with E-state index < -0.39 is 11.2 Å². The van der Waals surface area contributed by atoms with Crippen molar-refractivity contribution in [1.82, 2.24) is 9.55 Å². The Balaban J connectivity index is 2.47. The molecule has 0 fully saturated rings. The first-order valence-corrected chi connectivity index (χ1v) is 6.69. The molecule has 2 aromatic rings. The smallest absolute Gasteiger partial charge is 0.293 e. The zero-order valence-electron chi connectivity index (χ0n) is 11.9. The maximum absolute atomic E-state index is 11.2. The highest BCUT2D eigenvalue weighted by Gasteiger charge is 2.22. The van der Waals surface area contributed by atoms with E-state index >= 15 is 0 Å². The van der Waals surface area contributed by atoms with Crippen LogP contribution in [0.15, 0.2) is 36.7 Å². The minimum atomic E-state index is -0.658. The van der Waals surface area contributed by atoms with Gasteiger partial charge < -0.3 is 9.47 Å². The number of nitro benzene ring substituents is 1. The van der Waals surface area contributed by atoms with Gasteiger partial charge in [0.05, 0.1) is 4.92 Å². The molecule has 0 aliphatic carbocycles. The van der Waals surface area contributed by atoms with Crippen LogP contribution in [0.25, 0.3) is 5.69 Å². The van der Waals surface area contributed by atoms with Gasteiger partial charge in [-0.3, -0.25) is 14.7 Å². The van der Waals surface area contributed by atoms with Crippen LogP contribution in [0.3, 0.4) is 0 Å². The molecule has 1 heterocycles. The number of rotatable bonds is 7. The molecule has 0 atom stereocenters. The van der Waals surface area contributed by atoms with Crippen LogP contribution in [0.5, 0.6) is 0 Å². The van der Waals surface area contributed by atoms with Gasteiger partial charge in [0.2, 0.25) is 6.29 Å². The van der Waals surface area contributed by atoms with Crippen LogP contribution in [0.1, 0.15) is 26.0 Å². The molecule has 0 aliphatic heterocycles. The second-order valence-electron chi connectivity index (χ2n) is 4.14. The lowest BCUT2D eigenvalue weighted by atomic mass is 10.2. The number of imidazole rings is 1. The van der Waals surface area contributed by atoms with E-state index in [2.05, 4.69) is 4.98 Å². The number of benzene rings is 1. The van der Waals surface area contributed by atoms with Crippen molar-refractivity contribution < 1.29 is 14.4 Å². The third kappa shape index (κ3) is 3.26. The molecule has 2 rings (SSSR count). The third-order valence-electron chi connectivity index (χ3n) is 2.85. The minimum absolute atomic E-state index is 0.00324. The minimum Gasteiger partial charge on any atom is -0.346 e. The van der Waals surface area contributed by atoms with Crippen LogP contribution in [-0.2, 0) is 9.47 Å². The van der Waals surface area contributed by atoms with Crippen molar-refractivity contribution in [2.45, 2.75) is 20.1 Å². The largest absolute Gasteiger partial charge is 0.346 e. The molecule has 0 aliphatic rings. The first-order valence-electron chi connectivity index (χ1n) is 6.69. The van der Waals surface area contributed by atoms with Gasteiger partial charge >= 0.3 is 0 Å². The fraction of sp³-hybridized carbons (Fsp3) is 0.357. The van der Waals surface area contributed by atoms with E-state index in [1.54, 1.807) is 35.2 Å². The van der Waals surface area contributed by atoms with E-state index in [1.165, 1.54) is 6.07 Å². The molecule has 0 N–H and O–H groups in total. The van der Waals surface area contributed by atoms with Gasteiger partial charge in [0, 0.05) is 31.7 Å². The standard InChI is InChI=1S/C14H17N3O4/c1-3-20-14(21-4-2)13-15-9-10-16(13)11-7-5-6-8-12(11)17(18)19/h5-10,14H,3-4H2,1-2H3. The summed E-state index contributed by atoms with van der Waals surface area (Å²) in [6.45, 7) is 4.61. The Bertz CT molecular complexity index is 606. The molecule has 7 heteroatoms. The molecule has 0 spiro atoms. The first kappa shape index (κ1) is 15.1. The van der Waals surface area contributed by atoms with E-state index in [9.17, 15) is 10.1 Å². The van der Waals surface area contributed by atoms with Gasteiger partial charge in [-0.2, -0.15) is 0 Å². The van der Waals surface area contributed by atoms with E-state index in [0.29, 0.717) is 24.7 Å². The van der Waals surface area contributed by atoms with Crippen molar-refractivity contribution in [3.05, 3.63) is 52.6 Å². The summed E-state index contributed by atoms with van der Waals surface area (Å²) in [5.74, 6) is 0.480. The van der Waals surface area contributed by atoms with Crippen molar-refractivity contribution in [2.75, 3.05) is 13.2 Å². The number of hydrogen-bond acceptors (Lipinski definition) is 5. The molecule has 7 nitrogen and oxygen atoms in total. The fourth-order valence-corrected chi connectivity index (χ4v) is 2.02. The van der Waals surface area contributed by atoms with E-state index in [1.807, 2.05) is 13.8 Å². The average molecular weight is 291 g/mol. The van der Waals surface area contributed by atoms with Crippen LogP contribution < -0.4 is 0 Å². The summed E-state index contributed by atoms with van der Waals surface area (Å²) in [6.07, 6.45) is 2.56. The topological polar surface area (TPSA) is 79.4 Å². The monoisotopic (exact) mass is 291 g/mol. The Hall–Kier alpha value is -2.25. The Morgan fingerprint density at radius 3 is 2.57 bits per heavy atom. The molecule has 21 heavy (non-hydrogen) atoms. The number of nitrogens with zero attached hydrogens (tertiary/aromatic N) is 3. The Morgan fingerprint density at radius 1 is 1.29 bits per heavy atom. The average Bonchev–Trinajstić information content (AvgIpc) is 2.96. The van der Waals surface area contributed by atoms with E-state index in [0.717, 1.165) is 0 Å². The van der Waals surface area contributed by atoms with Crippen LogP contribution >= 0.6 is 0 Å². The summed E-state index contributed by atoms with van der Waals surface area (Å²) < 4.78 is 12.6. The number of aromatic nitrogens is 2. The lowest BCUT2D eigenvalue weighted by Gasteiger charge is -2.18. The molecular weight excluding hydrogens is 274 g/mol. The van der Waals surface area contributed by atoms with Crippen molar-refractivity contribution in [2.24, 2.45) is 0 Å². The molecule has 112 valence electrons. The maximum Gasteiger partial charge on any atom is 0.293 e. The van der Waals surface area contributed by atoms with Gasteiger partial charge in [-0.25, -0.2) is 4.98 Å². The Kier molecular flexibility index (Phi) is 5.02. The fourth-order valence-electron chi connectivity index (χ4n) is 2.02. The van der Waals surface area contributed by atoms with Gasteiger partial charge in [0.1, 0.15) is 5.69 Å². The normalized spacial score (nSPS) is 11.0. The molecule has 0 radical (unpaired) electrons. The summed E-state index contributed by atoms with van der Waals surface area (Å²) in [4.78, 5) is 15.0. The van der Waals surface area contributed by atoms with E-state index in [-0.39, 0.29) is 5.69 Å². The SMILES string of the molecule is CCOC(OCC)c1nccn1-c1ccccc1[N+](=O)[O-]. The molecule has 0 amide bonds. The quantitative estimate of drug-likeness (QED) is 0.445. The first-order chi connectivity index (χ1) is 10.2. The van der Waals surface area contributed by atoms with Gasteiger partial charge in [-0.05, 0) is 19.9 Å². The lowest BCUT2D eigenvalue weighted by molar-refractivity contribution is -0.384. The predicted octanol–water partition coefficient (Wildman–Crippen LogP) is 2.85. The van der Waals surface area contributed by atoms with Crippen LogP contribution in [0.4, 0.5) is 5.69 Å². The number of ether oxygens (including phenoxy) is 2. The summed E-state index contributed by atoms with van der Waals surface area (Å²) >= 11 is 0. The molecule has 0 unspecified atom stereocenters. The van der Waals surface area contributed by atoms with Crippen molar-refractivity contribution in [3.63, 3.8) is 0 Å². The van der Waals surface area contributed by atoms with Gasteiger partial charge in [0.15, 0.2) is 5.82 Å². The maximum atomic E-state index is 11.2. The summed E-state index contributed by atoms with van der Waals surface area (Å²) in [5.41, 5.74) is 0.433. The van der Waals surface area contributed by atoms with Crippen molar-refractivity contribution in [1.29, 1.82) is 0 Å². The third-order valence-corrected chi connectivity index (χ3v) is 2.85. The van der Waals surface area contributed by atoms with E-state index in [4.69, 9.17) is 9.47 Å². The van der Waals surface area contributed by atoms with Crippen LogP contribution in [-0.4, -0.2) is 27.7 Å². The van der Waals surface area contributed by atoms with Crippen molar-refractivity contribution >= 4 is 5.69 Å². The molecule has 1 aromatic heterocycles. The summed E-state index contributed by atoms with van der Waals surface area (Å²) in [7, 11) is 0. The van der Waals surface area contributed by atoms with Crippen molar-refractivity contribution in [3.8, 4) is 5.69 Å². The molecule has 0 bridgehead atoms. The highest BCUT2D eigenvalue weighted by molar-refractivity contribution is 5.52. The highest BCUT2D eigenvalue weighted by atomic mass is 16.7. The van der Waals surface area contributed by atoms with Crippen LogP contribution in [0, 0.1) is 10.1 Å². The molecule has 0 saturated carbocycles. The zero-order chi connectivity index (χ0) is 15.2. The zero-order valence-corrected chi connectivity index (χ0v) is 11.9. The second kappa shape index (κ2) is 6.96. The molecule has 0 saturated heterocycles. The lowest BCUT2D eigenvalue weighted by Crippen LogP contribution is -2.15. The van der Waals surface area contributed by atoms with Crippen LogP contribution in [0.2, 0.25) is 0 Å².